The molecule has 0 bridgehead atoms. The Morgan fingerprint density at radius 1 is 1.24 bits per heavy atom. The Morgan fingerprint density at radius 2 is 1.90 bits per heavy atom. The highest BCUT2D eigenvalue weighted by Crippen LogP contribution is 2.48. The van der Waals surface area contributed by atoms with Crippen molar-refractivity contribution in [3.8, 4) is 0 Å². The lowest BCUT2D eigenvalue weighted by Crippen LogP contribution is -2.45. The van der Waals surface area contributed by atoms with Crippen LogP contribution in [0.2, 0.25) is 10.0 Å². The maximum absolute atomic E-state index is 13.3. The standard InChI is InChI=1S/C20H15BrCl2N4O2/c21-13-3-1-11(2-4-13)8-20-9-16(25-26-24)10-27(20)19(29)17(18(20)28)12-5-14(22)7-15(23)6-12/h1-7,16,28H,8-10H2. The molecule has 1 N–H and O–H groups in total. The van der Waals surface area contributed by atoms with Crippen LogP contribution in [0.5, 0.6) is 0 Å². The second kappa shape index (κ2) is 7.58. The molecule has 0 aromatic heterocycles. The molecule has 2 aromatic carbocycles. The summed E-state index contributed by atoms with van der Waals surface area (Å²) in [7, 11) is 0. The molecule has 1 fully saturated rings. The minimum Gasteiger partial charge on any atom is -0.509 e. The van der Waals surface area contributed by atoms with Crippen LogP contribution in [0, 0.1) is 0 Å². The Hall–Kier alpha value is -2.18. The van der Waals surface area contributed by atoms with Gasteiger partial charge in [0.25, 0.3) is 5.91 Å². The summed E-state index contributed by atoms with van der Waals surface area (Å²) < 4.78 is 0.936. The summed E-state index contributed by atoms with van der Waals surface area (Å²) in [6.45, 7) is 0.237. The van der Waals surface area contributed by atoms with Gasteiger partial charge in [-0.3, -0.25) is 4.79 Å². The first-order valence-corrected chi connectivity index (χ1v) is 10.4. The van der Waals surface area contributed by atoms with Gasteiger partial charge in [-0.1, -0.05) is 56.4 Å². The number of aliphatic hydroxyl groups is 1. The fourth-order valence-corrected chi connectivity index (χ4v) is 5.01. The average Bonchev–Trinajstić information content (AvgIpc) is 3.10. The molecule has 0 spiro atoms. The number of benzene rings is 2. The second-order valence-electron chi connectivity index (χ2n) is 7.20. The number of carbonyl (C=O) groups is 1. The Bertz CT molecular complexity index is 1060. The summed E-state index contributed by atoms with van der Waals surface area (Å²) in [5.74, 6) is -0.368. The van der Waals surface area contributed by atoms with E-state index < -0.39 is 11.6 Å². The van der Waals surface area contributed by atoms with Gasteiger partial charge in [0, 0.05) is 32.4 Å². The van der Waals surface area contributed by atoms with E-state index in [2.05, 4.69) is 26.0 Å². The highest BCUT2D eigenvalue weighted by atomic mass is 79.9. The monoisotopic (exact) mass is 492 g/mol. The van der Waals surface area contributed by atoms with E-state index in [1.54, 1.807) is 23.1 Å². The lowest BCUT2D eigenvalue weighted by atomic mass is 9.85. The highest BCUT2D eigenvalue weighted by Gasteiger charge is 2.57. The Labute approximate surface area is 185 Å². The number of hydrogen-bond donors (Lipinski definition) is 1. The zero-order valence-corrected chi connectivity index (χ0v) is 18.1. The van der Waals surface area contributed by atoms with Crippen molar-refractivity contribution in [1.82, 2.24) is 4.90 Å². The third kappa shape index (κ3) is 3.49. The third-order valence-corrected chi connectivity index (χ3v) is 6.36. The Morgan fingerprint density at radius 3 is 2.52 bits per heavy atom. The molecule has 2 aromatic rings. The van der Waals surface area contributed by atoms with E-state index in [1.165, 1.54) is 0 Å². The van der Waals surface area contributed by atoms with Gasteiger partial charge < -0.3 is 10.0 Å². The topological polar surface area (TPSA) is 89.3 Å². The molecule has 2 unspecified atom stereocenters. The largest absolute Gasteiger partial charge is 0.509 e. The van der Waals surface area contributed by atoms with Gasteiger partial charge in [0.2, 0.25) is 0 Å². The lowest BCUT2D eigenvalue weighted by Gasteiger charge is -2.32. The summed E-state index contributed by atoms with van der Waals surface area (Å²) >= 11 is 15.6. The summed E-state index contributed by atoms with van der Waals surface area (Å²) in [5, 5.41) is 15.9. The first kappa shape index (κ1) is 20.1. The van der Waals surface area contributed by atoms with Crippen molar-refractivity contribution < 1.29 is 9.90 Å². The normalized spacial score (nSPS) is 23.3. The molecule has 9 heteroatoms. The number of aliphatic hydroxyl groups excluding tert-OH is 1. The van der Waals surface area contributed by atoms with E-state index in [9.17, 15) is 9.90 Å². The van der Waals surface area contributed by atoms with Crippen LogP contribution in [0.3, 0.4) is 0 Å². The van der Waals surface area contributed by atoms with Crippen molar-refractivity contribution in [1.29, 1.82) is 0 Å². The van der Waals surface area contributed by atoms with E-state index in [-0.39, 0.29) is 23.8 Å². The van der Waals surface area contributed by atoms with Crippen molar-refractivity contribution in [2.45, 2.75) is 24.4 Å². The molecule has 1 saturated heterocycles. The minimum atomic E-state index is -0.978. The van der Waals surface area contributed by atoms with Crippen LogP contribution in [0.15, 0.2) is 57.8 Å². The van der Waals surface area contributed by atoms with Crippen molar-refractivity contribution in [3.05, 3.63) is 84.3 Å². The van der Waals surface area contributed by atoms with Gasteiger partial charge in [0.05, 0.1) is 11.6 Å². The van der Waals surface area contributed by atoms with Crippen molar-refractivity contribution in [2.75, 3.05) is 6.54 Å². The molecular formula is C20H15BrCl2N4O2. The number of rotatable bonds is 4. The maximum Gasteiger partial charge on any atom is 0.258 e. The summed E-state index contributed by atoms with van der Waals surface area (Å²) in [5.41, 5.74) is 9.49. The van der Waals surface area contributed by atoms with Crippen molar-refractivity contribution in [3.63, 3.8) is 0 Å². The molecule has 29 heavy (non-hydrogen) atoms. The van der Waals surface area contributed by atoms with Gasteiger partial charge in [-0.15, -0.1) is 0 Å². The van der Waals surface area contributed by atoms with Gasteiger partial charge >= 0.3 is 0 Å². The Balaban J connectivity index is 1.84. The zero-order chi connectivity index (χ0) is 20.8. The number of halogens is 3. The molecule has 148 valence electrons. The van der Waals surface area contributed by atoms with Gasteiger partial charge in [0.15, 0.2) is 0 Å². The smallest absolute Gasteiger partial charge is 0.258 e. The first-order valence-electron chi connectivity index (χ1n) is 8.85. The molecule has 2 aliphatic rings. The summed E-state index contributed by atoms with van der Waals surface area (Å²) in [4.78, 5) is 17.8. The molecule has 6 nitrogen and oxygen atoms in total. The molecule has 2 atom stereocenters. The van der Waals surface area contributed by atoms with Crippen LogP contribution in [-0.4, -0.2) is 34.0 Å². The molecular weight excluding hydrogens is 479 g/mol. The van der Waals surface area contributed by atoms with E-state index in [1.807, 2.05) is 24.3 Å². The van der Waals surface area contributed by atoms with Crippen LogP contribution in [0.4, 0.5) is 0 Å². The number of hydrogen-bond acceptors (Lipinski definition) is 3. The van der Waals surface area contributed by atoms with Crippen LogP contribution in [-0.2, 0) is 11.2 Å². The predicted octanol–water partition coefficient (Wildman–Crippen LogP) is 5.93. The summed E-state index contributed by atoms with van der Waals surface area (Å²) in [6, 6.07) is 12.1. The zero-order valence-electron chi connectivity index (χ0n) is 15.0. The maximum atomic E-state index is 13.3. The van der Waals surface area contributed by atoms with Gasteiger partial charge in [-0.25, -0.2) is 0 Å². The molecule has 0 saturated carbocycles. The average molecular weight is 494 g/mol. The number of fused-ring (bicyclic) bond motifs is 1. The van der Waals surface area contributed by atoms with Gasteiger partial charge in [-0.2, -0.15) is 0 Å². The molecule has 2 aliphatic heterocycles. The quantitative estimate of drug-likeness (QED) is 0.325. The fraction of sp³-hybridized carbons (Fsp3) is 0.250. The van der Waals surface area contributed by atoms with E-state index >= 15 is 0 Å². The van der Waals surface area contributed by atoms with Crippen LogP contribution >= 0.6 is 39.1 Å². The molecule has 1 amide bonds. The molecule has 0 aliphatic carbocycles. The highest BCUT2D eigenvalue weighted by molar-refractivity contribution is 9.10. The second-order valence-corrected chi connectivity index (χ2v) is 8.98. The number of amides is 1. The first-order chi connectivity index (χ1) is 13.8. The number of carbonyl (C=O) groups excluding carboxylic acids is 1. The lowest BCUT2D eigenvalue weighted by molar-refractivity contribution is -0.126. The molecule has 2 heterocycles. The van der Waals surface area contributed by atoms with Crippen LogP contribution < -0.4 is 0 Å². The van der Waals surface area contributed by atoms with Gasteiger partial charge in [0.1, 0.15) is 11.3 Å². The van der Waals surface area contributed by atoms with Crippen LogP contribution in [0.25, 0.3) is 16.0 Å². The number of nitrogens with zero attached hydrogens (tertiary/aromatic N) is 4. The Kier molecular flexibility index (Phi) is 5.25. The number of azide groups is 1. The predicted molar refractivity (Wildman–Crippen MR) is 116 cm³/mol. The van der Waals surface area contributed by atoms with Crippen molar-refractivity contribution >= 4 is 50.6 Å². The van der Waals surface area contributed by atoms with Gasteiger partial charge in [-0.05, 0) is 53.4 Å². The van der Waals surface area contributed by atoms with E-state index in [0.29, 0.717) is 28.5 Å². The summed E-state index contributed by atoms with van der Waals surface area (Å²) in [6.07, 6.45) is 0.732. The third-order valence-electron chi connectivity index (χ3n) is 5.40. The molecule has 0 radical (unpaired) electrons. The van der Waals surface area contributed by atoms with E-state index in [4.69, 9.17) is 28.7 Å². The SMILES string of the molecule is [N-]=[N+]=NC1CN2C(=O)C(c3cc(Cl)cc(Cl)c3)=C(O)C2(Cc2ccc(Br)cc2)C1. The molecule has 4 rings (SSSR count). The van der Waals surface area contributed by atoms with Crippen molar-refractivity contribution in [2.24, 2.45) is 5.11 Å². The fourth-order valence-electron chi connectivity index (χ4n) is 4.22. The minimum absolute atomic E-state index is 0.0422. The van der Waals surface area contributed by atoms with Crippen LogP contribution in [0.1, 0.15) is 17.5 Å². The van der Waals surface area contributed by atoms with E-state index in [0.717, 1.165) is 10.0 Å².